The molecule has 2 atom stereocenters. The minimum Gasteiger partial charge on any atom is -0.467 e. The zero-order valence-electron chi connectivity index (χ0n) is 20.9. The molecule has 1 amide bonds. The van der Waals surface area contributed by atoms with E-state index in [-0.39, 0.29) is 11.8 Å². The van der Waals surface area contributed by atoms with E-state index in [1.165, 1.54) is 18.4 Å². The molecule has 0 bridgehead atoms. The van der Waals surface area contributed by atoms with E-state index >= 15 is 0 Å². The summed E-state index contributed by atoms with van der Waals surface area (Å²) in [5.41, 5.74) is 4.01. The number of methoxy groups -OCH3 is 1. The molecule has 0 saturated carbocycles. The van der Waals surface area contributed by atoms with E-state index in [1.807, 2.05) is 24.3 Å². The normalized spacial score (nSPS) is 12.6. The molecule has 0 aliphatic rings. The quantitative estimate of drug-likeness (QED) is 0.215. The summed E-state index contributed by atoms with van der Waals surface area (Å²) >= 11 is -1.04. The number of benzene rings is 2. The lowest BCUT2D eigenvalue weighted by Gasteiger charge is -2.30. The van der Waals surface area contributed by atoms with Crippen molar-refractivity contribution < 1.29 is 23.1 Å². The van der Waals surface area contributed by atoms with Gasteiger partial charge in [-0.25, -0.2) is 14.0 Å². The predicted molar refractivity (Wildman–Crippen MR) is 149 cm³/mol. The number of ether oxygens (including phenoxy) is 1. The Kier molecular flexibility index (Phi) is 8.62. The van der Waals surface area contributed by atoms with Crippen LogP contribution < -0.4 is 9.62 Å². The van der Waals surface area contributed by atoms with Gasteiger partial charge in [0.1, 0.15) is 16.7 Å². The summed E-state index contributed by atoms with van der Waals surface area (Å²) in [6.07, 6.45) is 3.36. The van der Waals surface area contributed by atoms with Gasteiger partial charge in [0.15, 0.2) is 0 Å². The van der Waals surface area contributed by atoms with Crippen LogP contribution in [-0.4, -0.2) is 43.8 Å². The Balaban J connectivity index is 1.46. The number of anilines is 2. The van der Waals surface area contributed by atoms with Crippen LogP contribution in [0, 0.1) is 5.92 Å². The monoisotopic (exact) mass is 550 g/mol. The number of pyridine rings is 1. The number of amides is 1. The fourth-order valence-corrected chi connectivity index (χ4v) is 5.49. The molecule has 0 saturated heterocycles. The van der Waals surface area contributed by atoms with Crippen molar-refractivity contribution in [2.75, 3.05) is 16.7 Å². The maximum Gasteiger partial charge on any atom is 0.329 e. The molecule has 38 heavy (non-hydrogen) atoms. The fourth-order valence-electron chi connectivity index (χ4n) is 3.85. The van der Waals surface area contributed by atoms with Gasteiger partial charge in [0, 0.05) is 29.0 Å². The van der Waals surface area contributed by atoms with Crippen molar-refractivity contribution in [2.45, 2.75) is 19.9 Å². The smallest absolute Gasteiger partial charge is 0.329 e. The average molecular weight is 551 g/mol. The third-order valence-corrected chi connectivity index (χ3v) is 7.42. The number of hydrogen-bond donors (Lipinski definition) is 2. The van der Waals surface area contributed by atoms with Gasteiger partial charge in [0.2, 0.25) is 0 Å². The van der Waals surface area contributed by atoms with Crippen LogP contribution in [0.4, 0.5) is 11.4 Å². The van der Waals surface area contributed by atoms with Crippen molar-refractivity contribution >= 4 is 45.9 Å². The summed E-state index contributed by atoms with van der Waals surface area (Å²) in [6, 6.07) is 17.0. The molecule has 2 aromatic heterocycles. The number of carbonyl (C=O) groups is 2. The largest absolute Gasteiger partial charge is 0.467 e. The SMILES string of the molecule is COC(=O)C(C(C)C)N(c1ccc(-c2ccc(NC(=O)c3csc(-c4ccncc4)n3)cc2)cc1)S(=O)O. The summed E-state index contributed by atoms with van der Waals surface area (Å²) in [5.74, 6) is -1.15. The molecular weight excluding hydrogens is 524 g/mol. The van der Waals surface area contributed by atoms with Gasteiger partial charge in [-0.15, -0.1) is 11.3 Å². The van der Waals surface area contributed by atoms with Crippen molar-refractivity contribution in [3.63, 3.8) is 0 Å². The minimum atomic E-state index is -2.43. The first-order valence-electron chi connectivity index (χ1n) is 11.6. The van der Waals surface area contributed by atoms with Crippen molar-refractivity contribution in [3.05, 3.63) is 84.1 Å². The van der Waals surface area contributed by atoms with Gasteiger partial charge in [0.05, 0.1) is 12.8 Å². The lowest BCUT2D eigenvalue weighted by molar-refractivity contribution is -0.142. The maximum absolute atomic E-state index is 12.7. The van der Waals surface area contributed by atoms with Crippen LogP contribution in [0.3, 0.4) is 0 Å². The van der Waals surface area contributed by atoms with Gasteiger partial charge in [-0.2, -0.15) is 0 Å². The zero-order chi connectivity index (χ0) is 27.2. The van der Waals surface area contributed by atoms with Gasteiger partial charge in [-0.1, -0.05) is 38.1 Å². The number of thiazole rings is 1. The Morgan fingerprint density at radius 1 is 0.974 bits per heavy atom. The number of carbonyl (C=O) groups excluding carboxylic acids is 2. The van der Waals surface area contributed by atoms with Gasteiger partial charge < -0.3 is 10.1 Å². The Hall–Kier alpha value is -3.93. The van der Waals surface area contributed by atoms with E-state index < -0.39 is 23.3 Å². The van der Waals surface area contributed by atoms with Crippen LogP contribution >= 0.6 is 11.3 Å². The van der Waals surface area contributed by atoms with Crippen LogP contribution in [0.5, 0.6) is 0 Å². The summed E-state index contributed by atoms with van der Waals surface area (Å²) in [6.45, 7) is 3.56. The molecule has 4 aromatic rings. The van der Waals surface area contributed by atoms with E-state index in [9.17, 15) is 18.4 Å². The first-order chi connectivity index (χ1) is 18.3. The average Bonchev–Trinajstić information content (AvgIpc) is 3.43. The van der Waals surface area contributed by atoms with E-state index in [2.05, 4.69) is 15.3 Å². The molecule has 2 aromatic carbocycles. The Morgan fingerprint density at radius 2 is 1.58 bits per heavy atom. The first kappa shape index (κ1) is 27.1. The van der Waals surface area contributed by atoms with Gasteiger partial charge in [-0.05, 0) is 53.4 Å². The number of rotatable bonds is 9. The molecule has 0 aliphatic carbocycles. The molecule has 0 fully saturated rings. The second-order valence-electron chi connectivity index (χ2n) is 8.62. The molecule has 2 heterocycles. The molecule has 0 radical (unpaired) electrons. The molecule has 11 heteroatoms. The van der Waals surface area contributed by atoms with Gasteiger partial charge in [0.25, 0.3) is 17.2 Å². The van der Waals surface area contributed by atoms with Crippen LogP contribution in [0.2, 0.25) is 0 Å². The van der Waals surface area contributed by atoms with Crippen LogP contribution in [0.1, 0.15) is 24.3 Å². The summed E-state index contributed by atoms with van der Waals surface area (Å²) in [4.78, 5) is 33.4. The second kappa shape index (κ2) is 12.1. The third kappa shape index (κ3) is 6.13. The number of nitrogens with zero attached hydrogens (tertiary/aromatic N) is 3. The number of nitrogens with one attached hydrogen (secondary N) is 1. The third-order valence-electron chi connectivity index (χ3n) is 5.76. The number of aromatic nitrogens is 2. The summed E-state index contributed by atoms with van der Waals surface area (Å²) in [7, 11) is 1.25. The van der Waals surface area contributed by atoms with Crippen LogP contribution in [0.25, 0.3) is 21.7 Å². The highest BCUT2D eigenvalue weighted by Gasteiger charge is 2.33. The maximum atomic E-state index is 12.7. The minimum absolute atomic E-state index is 0.257. The van der Waals surface area contributed by atoms with Crippen molar-refractivity contribution in [1.29, 1.82) is 0 Å². The predicted octanol–water partition coefficient (Wildman–Crippen LogP) is 5.27. The highest BCUT2D eigenvalue weighted by molar-refractivity contribution is 7.80. The topological polar surface area (TPSA) is 122 Å². The lowest BCUT2D eigenvalue weighted by Crippen LogP contribution is -2.46. The molecule has 0 spiro atoms. The van der Waals surface area contributed by atoms with Crippen molar-refractivity contribution in [3.8, 4) is 21.7 Å². The summed E-state index contributed by atoms with van der Waals surface area (Å²) < 4.78 is 28.0. The Labute approximate surface area is 226 Å². The number of esters is 1. The second-order valence-corrected chi connectivity index (χ2v) is 10.3. The molecule has 9 nitrogen and oxygen atoms in total. The van der Waals surface area contributed by atoms with E-state index in [1.54, 1.807) is 68.0 Å². The number of hydrogen-bond acceptors (Lipinski definition) is 7. The highest BCUT2D eigenvalue weighted by atomic mass is 32.2. The molecule has 4 rings (SSSR count). The van der Waals surface area contributed by atoms with Crippen molar-refractivity contribution in [2.24, 2.45) is 5.92 Å². The van der Waals surface area contributed by atoms with E-state index in [0.29, 0.717) is 17.1 Å². The molecular formula is C27H26N4O5S2. The molecule has 0 aliphatic heterocycles. The fraction of sp³-hybridized carbons (Fsp3) is 0.185. The standard InChI is InChI=1S/C27H26N4O5S2/c1-17(2)24(27(33)36-3)31(38(34)35)22-10-6-19(7-11-22)18-4-8-21(9-5-18)29-25(32)23-16-37-26(30-23)20-12-14-28-15-13-20/h4-17,24H,1-3H3,(H,29,32)(H,34,35). The first-order valence-corrected chi connectivity index (χ1v) is 13.6. The van der Waals surface area contributed by atoms with Gasteiger partial charge >= 0.3 is 5.97 Å². The van der Waals surface area contributed by atoms with E-state index in [0.717, 1.165) is 26.0 Å². The lowest BCUT2D eigenvalue weighted by atomic mass is 10.0. The molecule has 196 valence electrons. The highest BCUT2D eigenvalue weighted by Crippen LogP contribution is 2.29. The van der Waals surface area contributed by atoms with Crippen LogP contribution in [0.15, 0.2) is 78.4 Å². The molecule has 2 N–H and O–H groups in total. The zero-order valence-corrected chi connectivity index (χ0v) is 22.5. The van der Waals surface area contributed by atoms with Crippen LogP contribution in [-0.2, 0) is 20.8 Å². The van der Waals surface area contributed by atoms with Crippen molar-refractivity contribution in [1.82, 2.24) is 9.97 Å². The summed E-state index contributed by atoms with van der Waals surface area (Å²) in [5, 5.41) is 5.32. The van der Waals surface area contributed by atoms with E-state index in [4.69, 9.17) is 4.74 Å². The molecule has 2 unspecified atom stereocenters. The Bertz CT molecular complexity index is 1420. The van der Waals surface area contributed by atoms with Gasteiger partial charge in [-0.3, -0.25) is 18.6 Å². The Morgan fingerprint density at radius 3 is 2.13 bits per heavy atom.